The third-order valence-electron chi connectivity index (χ3n) is 2.81. The maximum Gasteiger partial charge on any atom is 0.239 e. The predicted molar refractivity (Wildman–Crippen MR) is 68.1 cm³/mol. The van der Waals surface area contributed by atoms with Gasteiger partial charge in [-0.3, -0.25) is 5.43 Å². The molecular formula is C12H13N5O. The molecule has 0 bridgehead atoms. The highest BCUT2D eigenvalue weighted by Gasteiger charge is 2.23. The molecule has 2 heterocycles. The van der Waals surface area contributed by atoms with Crippen molar-refractivity contribution < 1.29 is 4.74 Å². The lowest BCUT2D eigenvalue weighted by Crippen LogP contribution is -2.15. The van der Waals surface area contributed by atoms with Gasteiger partial charge in [0.15, 0.2) is 0 Å². The lowest BCUT2D eigenvalue weighted by Gasteiger charge is -2.12. The number of rotatable bonds is 3. The van der Waals surface area contributed by atoms with Crippen molar-refractivity contribution in [3.8, 4) is 5.75 Å². The zero-order valence-corrected chi connectivity index (χ0v) is 9.63. The van der Waals surface area contributed by atoms with Gasteiger partial charge in [0.2, 0.25) is 5.95 Å². The van der Waals surface area contributed by atoms with Crippen LogP contribution in [0.1, 0.15) is 11.6 Å². The summed E-state index contributed by atoms with van der Waals surface area (Å²) in [7, 11) is 0. The molecule has 18 heavy (non-hydrogen) atoms. The quantitative estimate of drug-likeness (QED) is 0.556. The summed E-state index contributed by atoms with van der Waals surface area (Å²) < 4.78 is 5.59. The van der Waals surface area contributed by atoms with Gasteiger partial charge in [-0.15, -0.1) is 0 Å². The minimum absolute atomic E-state index is 0.0988. The van der Waals surface area contributed by atoms with Gasteiger partial charge >= 0.3 is 0 Å². The lowest BCUT2D eigenvalue weighted by atomic mass is 10.1. The molecule has 2 aromatic rings. The molecule has 1 unspecified atom stereocenters. The summed E-state index contributed by atoms with van der Waals surface area (Å²) in [5, 5.41) is 3.30. The van der Waals surface area contributed by atoms with E-state index in [2.05, 4.69) is 20.7 Å². The van der Waals surface area contributed by atoms with Crippen LogP contribution < -0.4 is 21.3 Å². The first-order valence-electron chi connectivity index (χ1n) is 5.65. The second kappa shape index (κ2) is 4.50. The molecule has 3 rings (SSSR count). The highest BCUT2D eigenvalue weighted by Crippen LogP contribution is 2.33. The first-order valence-corrected chi connectivity index (χ1v) is 5.65. The number of para-hydroxylation sites is 1. The van der Waals surface area contributed by atoms with E-state index in [-0.39, 0.29) is 6.04 Å². The Kier molecular flexibility index (Phi) is 2.70. The molecule has 6 heteroatoms. The summed E-state index contributed by atoms with van der Waals surface area (Å²) in [5.74, 6) is 7.29. The summed E-state index contributed by atoms with van der Waals surface area (Å²) in [4.78, 5) is 8.17. The number of aromatic nitrogens is 2. The van der Waals surface area contributed by atoms with Crippen LogP contribution in [0.2, 0.25) is 0 Å². The van der Waals surface area contributed by atoms with E-state index in [0.717, 1.165) is 11.3 Å². The van der Waals surface area contributed by atoms with Gasteiger partial charge in [-0.25, -0.2) is 10.8 Å². The smallest absolute Gasteiger partial charge is 0.239 e. The Balaban J connectivity index is 1.82. The third-order valence-corrected chi connectivity index (χ3v) is 2.81. The Labute approximate surface area is 104 Å². The van der Waals surface area contributed by atoms with E-state index < -0.39 is 0 Å². The Bertz CT molecular complexity index is 560. The maximum atomic E-state index is 5.59. The second-order valence-electron chi connectivity index (χ2n) is 3.96. The Hall–Kier alpha value is -2.34. The molecule has 1 aliphatic heterocycles. The summed E-state index contributed by atoms with van der Waals surface area (Å²) in [6.07, 6.45) is 1.65. The van der Waals surface area contributed by atoms with Crippen molar-refractivity contribution in [3.05, 3.63) is 42.1 Å². The number of nitrogens with zero attached hydrogens (tertiary/aromatic N) is 2. The number of ether oxygens (including phenoxy) is 1. The summed E-state index contributed by atoms with van der Waals surface area (Å²) >= 11 is 0. The molecule has 92 valence electrons. The van der Waals surface area contributed by atoms with Crippen LogP contribution in [0.4, 0.5) is 11.8 Å². The maximum absolute atomic E-state index is 5.59. The fourth-order valence-corrected chi connectivity index (χ4v) is 1.97. The van der Waals surface area contributed by atoms with Crippen molar-refractivity contribution >= 4 is 11.8 Å². The first kappa shape index (κ1) is 10.8. The topological polar surface area (TPSA) is 85.1 Å². The molecule has 0 fully saturated rings. The molecule has 0 amide bonds. The number of hydrogen-bond donors (Lipinski definition) is 3. The van der Waals surface area contributed by atoms with Crippen molar-refractivity contribution in [2.24, 2.45) is 5.84 Å². The van der Waals surface area contributed by atoms with Gasteiger partial charge in [0, 0.05) is 11.8 Å². The number of benzene rings is 1. The number of nitrogens with two attached hydrogens (primary N) is 1. The standard InChI is InChI=1S/C12H13N5O/c13-17-12-14-6-5-11(16-12)15-9-7-18-10-4-2-1-3-8(9)10/h1-6,9H,7,13H2,(H2,14,15,16,17). The minimum Gasteiger partial charge on any atom is -0.491 e. The molecule has 0 saturated carbocycles. The normalized spacial score (nSPS) is 16.8. The van der Waals surface area contributed by atoms with E-state index in [9.17, 15) is 0 Å². The number of fused-ring (bicyclic) bond motifs is 1. The SMILES string of the molecule is NNc1nccc(NC2COc3ccccc32)n1. The zero-order valence-electron chi connectivity index (χ0n) is 9.63. The van der Waals surface area contributed by atoms with Gasteiger partial charge in [-0.2, -0.15) is 4.98 Å². The second-order valence-corrected chi connectivity index (χ2v) is 3.96. The molecule has 0 radical (unpaired) electrons. The molecule has 0 saturated heterocycles. The largest absolute Gasteiger partial charge is 0.491 e. The van der Waals surface area contributed by atoms with Crippen LogP contribution in [-0.2, 0) is 0 Å². The molecule has 1 atom stereocenters. The van der Waals surface area contributed by atoms with E-state index in [1.807, 2.05) is 24.3 Å². The van der Waals surface area contributed by atoms with Gasteiger partial charge < -0.3 is 10.1 Å². The van der Waals surface area contributed by atoms with Crippen molar-refractivity contribution in [3.63, 3.8) is 0 Å². The average Bonchev–Trinajstić information content (AvgIpc) is 2.83. The Morgan fingerprint density at radius 2 is 2.17 bits per heavy atom. The summed E-state index contributed by atoms with van der Waals surface area (Å²) in [6.45, 7) is 0.592. The molecule has 1 aromatic carbocycles. The van der Waals surface area contributed by atoms with E-state index in [1.54, 1.807) is 12.3 Å². The van der Waals surface area contributed by atoms with Crippen molar-refractivity contribution in [2.75, 3.05) is 17.3 Å². The number of nitrogens with one attached hydrogen (secondary N) is 2. The molecule has 1 aromatic heterocycles. The van der Waals surface area contributed by atoms with Gasteiger partial charge in [-0.05, 0) is 12.1 Å². The highest BCUT2D eigenvalue weighted by atomic mass is 16.5. The van der Waals surface area contributed by atoms with E-state index in [4.69, 9.17) is 10.6 Å². The molecule has 0 aliphatic carbocycles. The molecular weight excluding hydrogens is 230 g/mol. The van der Waals surface area contributed by atoms with Gasteiger partial charge in [0.1, 0.15) is 18.2 Å². The first-order chi connectivity index (χ1) is 8.86. The Morgan fingerprint density at radius 1 is 1.28 bits per heavy atom. The fraction of sp³-hybridized carbons (Fsp3) is 0.167. The lowest BCUT2D eigenvalue weighted by molar-refractivity contribution is 0.339. The van der Waals surface area contributed by atoms with Gasteiger partial charge in [0.25, 0.3) is 0 Å². The van der Waals surface area contributed by atoms with E-state index in [0.29, 0.717) is 18.4 Å². The van der Waals surface area contributed by atoms with Crippen LogP contribution in [0.25, 0.3) is 0 Å². The van der Waals surface area contributed by atoms with Gasteiger partial charge in [0.05, 0.1) is 6.04 Å². The van der Waals surface area contributed by atoms with E-state index in [1.165, 1.54) is 0 Å². The van der Waals surface area contributed by atoms with Crippen LogP contribution >= 0.6 is 0 Å². The summed E-state index contributed by atoms with van der Waals surface area (Å²) in [6, 6.07) is 9.86. The minimum atomic E-state index is 0.0988. The van der Waals surface area contributed by atoms with Crippen molar-refractivity contribution in [1.29, 1.82) is 0 Å². The van der Waals surface area contributed by atoms with Crippen molar-refractivity contribution in [2.45, 2.75) is 6.04 Å². The number of anilines is 2. The molecule has 1 aliphatic rings. The van der Waals surface area contributed by atoms with Gasteiger partial charge in [-0.1, -0.05) is 18.2 Å². The highest BCUT2D eigenvalue weighted by molar-refractivity contribution is 5.47. The number of hydrazine groups is 1. The fourth-order valence-electron chi connectivity index (χ4n) is 1.97. The zero-order chi connectivity index (χ0) is 12.4. The van der Waals surface area contributed by atoms with Crippen molar-refractivity contribution in [1.82, 2.24) is 9.97 Å². The van der Waals surface area contributed by atoms with Crippen LogP contribution in [0, 0.1) is 0 Å². The predicted octanol–water partition coefficient (Wildman–Crippen LogP) is 1.31. The van der Waals surface area contributed by atoms with E-state index >= 15 is 0 Å². The Morgan fingerprint density at radius 3 is 3.06 bits per heavy atom. The van der Waals surface area contributed by atoms with Crippen LogP contribution in [-0.4, -0.2) is 16.6 Å². The summed E-state index contributed by atoms with van der Waals surface area (Å²) in [5.41, 5.74) is 3.56. The molecule has 4 N–H and O–H groups in total. The van der Waals surface area contributed by atoms with Crippen LogP contribution in [0.15, 0.2) is 36.5 Å². The van der Waals surface area contributed by atoms with Crippen LogP contribution in [0.3, 0.4) is 0 Å². The monoisotopic (exact) mass is 243 g/mol. The molecule has 0 spiro atoms. The molecule has 6 nitrogen and oxygen atoms in total. The number of hydrogen-bond acceptors (Lipinski definition) is 6. The average molecular weight is 243 g/mol. The number of nitrogen functional groups attached to an aromatic ring is 1. The third kappa shape index (κ3) is 1.93. The van der Waals surface area contributed by atoms with Crippen LogP contribution in [0.5, 0.6) is 5.75 Å².